The number of rotatable bonds is 2. The number of aryl methyl sites for hydroxylation is 1. The van der Waals surface area contributed by atoms with Crippen LogP contribution in [0.1, 0.15) is 29.5 Å². The number of aliphatic hydroxyl groups excluding tert-OH is 1. The molecule has 0 fully saturated rings. The van der Waals surface area contributed by atoms with Gasteiger partial charge in [-0.3, -0.25) is 0 Å². The molecule has 1 atom stereocenters. The number of anilines is 1. The number of benzene rings is 1. The zero-order valence-electron chi connectivity index (χ0n) is 10.9. The van der Waals surface area contributed by atoms with E-state index in [1.54, 1.807) is 7.05 Å². The zero-order valence-corrected chi connectivity index (χ0v) is 13.2. The molecule has 106 valence electrons. The largest absolute Gasteiger partial charge is 0.388 e. The van der Waals surface area contributed by atoms with Crippen LogP contribution in [0.15, 0.2) is 12.1 Å². The normalized spacial score (nSPS) is 17.9. The number of nitrogens with zero attached hydrogens (tertiary/aromatic N) is 1. The maximum atomic E-state index is 10.0. The van der Waals surface area contributed by atoms with Crippen LogP contribution >= 0.6 is 34.5 Å². The maximum absolute atomic E-state index is 10.0. The number of thiazole rings is 1. The van der Waals surface area contributed by atoms with Gasteiger partial charge in [0.1, 0.15) is 5.01 Å². The number of nitrogens with one attached hydrogen (secondary N) is 1. The van der Waals surface area contributed by atoms with Crippen molar-refractivity contribution in [1.29, 1.82) is 0 Å². The van der Waals surface area contributed by atoms with E-state index in [-0.39, 0.29) is 6.10 Å². The van der Waals surface area contributed by atoms with Crippen molar-refractivity contribution >= 4 is 40.2 Å². The highest BCUT2D eigenvalue weighted by molar-refractivity contribution is 7.15. The van der Waals surface area contributed by atoms with Crippen LogP contribution in [0.2, 0.25) is 10.0 Å². The summed E-state index contributed by atoms with van der Waals surface area (Å²) < 4.78 is 0. The molecule has 0 aliphatic heterocycles. The first-order valence-corrected chi connectivity index (χ1v) is 8.02. The first-order valence-electron chi connectivity index (χ1n) is 6.45. The fourth-order valence-corrected chi connectivity index (χ4v) is 4.25. The summed E-state index contributed by atoms with van der Waals surface area (Å²) in [5.41, 5.74) is 2.62. The smallest absolute Gasteiger partial charge is 0.124 e. The summed E-state index contributed by atoms with van der Waals surface area (Å²) in [6, 6.07) is 3.71. The van der Waals surface area contributed by atoms with Gasteiger partial charge in [-0.05, 0) is 31.4 Å². The van der Waals surface area contributed by atoms with Crippen molar-refractivity contribution in [2.24, 2.45) is 0 Å². The molecule has 2 aromatic rings. The third-order valence-corrected chi connectivity index (χ3v) is 5.30. The van der Waals surface area contributed by atoms with Crippen molar-refractivity contribution in [3.63, 3.8) is 0 Å². The lowest BCUT2D eigenvalue weighted by Crippen LogP contribution is -2.06. The van der Waals surface area contributed by atoms with Gasteiger partial charge in [-0.15, -0.1) is 11.3 Å². The molecule has 1 aliphatic carbocycles. The lowest BCUT2D eigenvalue weighted by atomic mass is 10.0. The lowest BCUT2D eigenvalue weighted by Gasteiger charge is -2.14. The Kier molecular flexibility index (Phi) is 3.91. The molecule has 0 amide bonds. The number of aliphatic hydroxyl groups is 1. The summed E-state index contributed by atoms with van der Waals surface area (Å²) in [4.78, 5) is 5.61. The minimum Gasteiger partial charge on any atom is -0.388 e. The van der Waals surface area contributed by atoms with Gasteiger partial charge in [0, 0.05) is 12.6 Å². The van der Waals surface area contributed by atoms with E-state index in [1.165, 1.54) is 11.3 Å². The van der Waals surface area contributed by atoms with Gasteiger partial charge < -0.3 is 10.4 Å². The van der Waals surface area contributed by atoms with E-state index in [4.69, 9.17) is 23.2 Å². The first-order chi connectivity index (χ1) is 9.60. The number of hydrogen-bond donors (Lipinski definition) is 2. The number of halogens is 2. The van der Waals surface area contributed by atoms with Crippen LogP contribution in [0.3, 0.4) is 0 Å². The third kappa shape index (κ3) is 2.42. The van der Waals surface area contributed by atoms with E-state index in [1.807, 2.05) is 12.1 Å². The molecule has 0 saturated carbocycles. The fourth-order valence-electron chi connectivity index (χ4n) is 2.46. The second kappa shape index (κ2) is 5.53. The van der Waals surface area contributed by atoms with Crippen LogP contribution in [0, 0.1) is 0 Å². The molecular formula is C14H14Cl2N2OS. The van der Waals surface area contributed by atoms with E-state index in [0.717, 1.165) is 46.1 Å². The Hall–Kier alpha value is -0.810. The Morgan fingerprint density at radius 1 is 1.35 bits per heavy atom. The topological polar surface area (TPSA) is 45.2 Å². The predicted octanol–water partition coefficient (Wildman–Crippen LogP) is 4.53. The van der Waals surface area contributed by atoms with Crippen LogP contribution in [0.5, 0.6) is 0 Å². The summed E-state index contributed by atoms with van der Waals surface area (Å²) in [7, 11) is 1.78. The summed E-state index contributed by atoms with van der Waals surface area (Å²) in [6.45, 7) is 0. The Balaban J connectivity index is 2.06. The van der Waals surface area contributed by atoms with Gasteiger partial charge in [0.25, 0.3) is 0 Å². The standard InChI is InChI=1S/C14H14Cl2N2OS/c1-17-12-8(15)5-7(6-9(12)16)14-18-10-3-2-4-11(19)13(10)20-14/h5-6,11,17,19H,2-4H2,1H3. The molecule has 1 unspecified atom stereocenters. The molecule has 1 aromatic heterocycles. The Bertz CT molecular complexity index is 634. The van der Waals surface area contributed by atoms with E-state index >= 15 is 0 Å². The number of aromatic nitrogens is 1. The van der Waals surface area contributed by atoms with Gasteiger partial charge in [0.2, 0.25) is 0 Å². The molecule has 2 N–H and O–H groups in total. The highest BCUT2D eigenvalue weighted by Crippen LogP contribution is 2.41. The third-order valence-electron chi connectivity index (χ3n) is 3.46. The molecular weight excluding hydrogens is 315 g/mol. The summed E-state index contributed by atoms with van der Waals surface area (Å²) in [6.07, 6.45) is 2.35. The van der Waals surface area contributed by atoms with Crippen molar-refractivity contribution in [2.45, 2.75) is 25.4 Å². The zero-order chi connectivity index (χ0) is 14.3. The van der Waals surface area contributed by atoms with Gasteiger partial charge in [0.15, 0.2) is 0 Å². The van der Waals surface area contributed by atoms with Crippen LogP contribution in [-0.4, -0.2) is 17.1 Å². The minimum absolute atomic E-state index is 0.382. The average molecular weight is 329 g/mol. The van der Waals surface area contributed by atoms with Crippen molar-refractivity contribution in [3.8, 4) is 10.6 Å². The Morgan fingerprint density at radius 2 is 2.05 bits per heavy atom. The summed E-state index contributed by atoms with van der Waals surface area (Å²) >= 11 is 14.0. The van der Waals surface area contributed by atoms with Crippen LogP contribution in [0.4, 0.5) is 5.69 Å². The quantitative estimate of drug-likeness (QED) is 0.851. The Labute approximate surface area is 131 Å². The number of fused-ring (bicyclic) bond motifs is 1. The summed E-state index contributed by atoms with van der Waals surface area (Å²) in [5.74, 6) is 0. The van der Waals surface area contributed by atoms with Crippen LogP contribution < -0.4 is 5.32 Å². The van der Waals surface area contributed by atoms with E-state index in [9.17, 15) is 5.11 Å². The molecule has 3 nitrogen and oxygen atoms in total. The predicted molar refractivity (Wildman–Crippen MR) is 85.0 cm³/mol. The van der Waals surface area contributed by atoms with Crippen molar-refractivity contribution in [3.05, 3.63) is 32.7 Å². The van der Waals surface area contributed by atoms with Crippen molar-refractivity contribution in [1.82, 2.24) is 4.98 Å². The molecule has 0 saturated heterocycles. The SMILES string of the molecule is CNc1c(Cl)cc(-c2nc3c(s2)C(O)CCC3)cc1Cl. The van der Waals surface area contributed by atoms with Gasteiger partial charge in [-0.2, -0.15) is 0 Å². The van der Waals surface area contributed by atoms with Gasteiger partial charge in [0.05, 0.1) is 32.4 Å². The minimum atomic E-state index is -0.382. The van der Waals surface area contributed by atoms with E-state index in [0.29, 0.717) is 10.0 Å². The molecule has 1 aliphatic rings. The molecule has 6 heteroatoms. The van der Waals surface area contributed by atoms with Crippen LogP contribution in [0.25, 0.3) is 10.6 Å². The Morgan fingerprint density at radius 3 is 2.65 bits per heavy atom. The van der Waals surface area contributed by atoms with Crippen molar-refractivity contribution in [2.75, 3.05) is 12.4 Å². The first kappa shape index (κ1) is 14.1. The van der Waals surface area contributed by atoms with Gasteiger partial charge in [-0.25, -0.2) is 4.98 Å². The van der Waals surface area contributed by atoms with Gasteiger partial charge in [-0.1, -0.05) is 23.2 Å². The van der Waals surface area contributed by atoms with E-state index in [2.05, 4.69) is 10.3 Å². The molecule has 1 aromatic carbocycles. The summed E-state index contributed by atoms with van der Waals surface area (Å²) in [5, 5.41) is 15.0. The van der Waals surface area contributed by atoms with Crippen molar-refractivity contribution < 1.29 is 5.11 Å². The molecule has 0 spiro atoms. The highest BCUT2D eigenvalue weighted by atomic mass is 35.5. The molecule has 0 radical (unpaired) electrons. The molecule has 0 bridgehead atoms. The fraction of sp³-hybridized carbons (Fsp3) is 0.357. The molecule has 20 heavy (non-hydrogen) atoms. The van der Waals surface area contributed by atoms with Crippen LogP contribution in [-0.2, 0) is 6.42 Å². The monoisotopic (exact) mass is 328 g/mol. The maximum Gasteiger partial charge on any atom is 0.124 e. The highest BCUT2D eigenvalue weighted by Gasteiger charge is 2.23. The molecule has 1 heterocycles. The average Bonchev–Trinajstić information content (AvgIpc) is 2.84. The van der Waals surface area contributed by atoms with Gasteiger partial charge >= 0.3 is 0 Å². The van der Waals surface area contributed by atoms with E-state index < -0.39 is 0 Å². The molecule has 3 rings (SSSR count). The second-order valence-corrected chi connectivity index (χ2v) is 6.65. The number of hydrogen-bond acceptors (Lipinski definition) is 4. The second-order valence-electron chi connectivity index (χ2n) is 4.80. The lowest BCUT2D eigenvalue weighted by molar-refractivity contribution is 0.160.